The number of sulfonamides is 1. The molecular formula is C29H56N4O3S. The van der Waals surface area contributed by atoms with Crippen molar-refractivity contribution in [3.8, 4) is 0 Å². The number of anilines is 1. The summed E-state index contributed by atoms with van der Waals surface area (Å²) < 4.78 is 25.6. The van der Waals surface area contributed by atoms with Crippen LogP contribution in [0.25, 0.3) is 11.5 Å². The first-order valence-corrected chi connectivity index (χ1v) is 15.4. The predicted octanol–water partition coefficient (Wildman–Crippen LogP) is 5.11. The molecule has 7 nitrogen and oxygen atoms in total. The van der Waals surface area contributed by atoms with Gasteiger partial charge in [0.1, 0.15) is 0 Å². The molecule has 0 radical (unpaired) electrons. The van der Waals surface area contributed by atoms with Gasteiger partial charge < -0.3 is 15.5 Å². The number of hydrogen-bond acceptors (Lipinski definition) is 4. The second-order valence-electron chi connectivity index (χ2n) is 7.48. The lowest BCUT2D eigenvalue weighted by atomic mass is 10.1. The maximum absolute atomic E-state index is 11.7. The molecule has 0 spiro atoms. The van der Waals surface area contributed by atoms with E-state index in [2.05, 4.69) is 26.8 Å². The third-order valence-corrected chi connectivity index (χ3v) is 6.40. The Morgan fingerprint density at radius 1 is 1.03 bits per heavy atom. The van der Waals surface area contributed by atoms with Crippen molar-refractivity contribution >= 4 is 33.2 Å². The zero-order chi connectivity index (χ0) is 29.3. The normalized spacial score (nSPS) is 13.9. The van der Waals surface area contributed by atoms with E-state index in [1.807, 2.05) is 73.7 Å². The van der Waals surface area contributed by atoms with Crippen molar-refractivity contribution in [2.24, 2.45) is 0 Å². The first kappa shape index (κ1) is 39.2. The molecule has 0 aliphatic heterocycles. The molecule has 216 valence electrons. The summed E-state index contributed by atoms with van der Waals surface area (Å²) in [6.07, 6.45) is 10.9. The van der Waals surface area contributed by atoms with E-state index in [9.17, 15) is 13.2 Å². The van der Waals surface area contributed by atoms with Crippen molar-refractivity contribution in [3.05, 3.63) is 41.3 Å². The average Bonchev–Trinajstić information content (AvgIpc) is 3.21. The summed E-state index contributed by atoms with van der Waals surface area (Å²) in [6.45, 7) is 18.6. The second kappa shape index (κ2) is 25.3. The van der Waals surface area contributed by atoms with Crippen LogP contribution in [0.4, 0.5) is 10.5 Å². The summed E-state index contributed by atoms with van der Waals surface area (Å²) in [5, 5.41) is 8.27. The summed E-state index contributed by atoms with van der Waals surface area (Å²) >= 11 is 0. The molecule has 1 aliphatic carbocycles. The number of amides is 2. The fourth-order valence-corrected chi connectivity index (χ4v) is 4.04. The minimum atomic E-state index is -3.41. The van der Waals surface area contributed by atoms with E-state index in [0.29, 0.717) is 11.3 Å². The summed E-state index contributed by atoms with van der Waals surface area (Å²) in [6, 6.07) is 5.95. The smallest absolute Gasteiger partial charge is 0.314 e. The second-order valence-corrected chi connectivity index (χ2v) is 9.21. The van der Waals surface area contributed by atoms with Crippen LogP contribution >= 0.6 is 0 Å². The van der Waals surface area contributed by atoms with E-state index >= 15 is 0 Å². The Bertz CT molecular complexity index is 923. The van der Waals surface area contributed by atoms with Crippen LogP contribution in [0.3, 0.4) is 0 Å². The van der Waals surface area contributed by atoms with Gasteiger partial charge in [0, 0.05) is 37.6 Å². The Kier molecular flexibility index (Phi) is 26.8. The van der Waals surface area contributed by atoms with Crippen molar-refractivity contribution < 1.29 is 13.2 Å². The van der Waals surface area contributed by atoms with E-state index in [-0.39, 0.29) is 6.03 Å². The maximum Gasteiger partial charge on any atom is 0.314 e. The Labute approximate surface area is 228 Å². The molecule has 0 aromatic heterocycles. The lowest BCUT2D eigenvalue weighted by Gasteiger charge is -2.17. The zero-order valence-corrected chi connectivity index (χ0v) is 26.1. The van der Waals surface area contributed by atoms with Gasteiger partial charge in [-0.3, -0.25) is 0 Å². The molecule has 0 saturated heterocycles. The van der Waals surface area contributed by atoms with Crippen LogP contribution < -0.4 is 30.7 Å². The molecule has 8 heteroatoms. The number of carbonyl (C=O) groups is 1. The van der Waals surface area contributed by atoms with Gasteiger partial charge in [-0.15, -0.1) is 0 Å². The summed E-state index contributed by atoms with van der Waals surface area (Å²) in [7, 11) is 1.61. The fraction of sp³-hybridized carbons (Fsp3) is 0.621. The Morgan fingerprint density at radius 2 is 1.57 bits per heavy atom. The van der Waals surface area contributed by atoms with E-state index in [1.165, 1.54) is 38.1 Å². The number of benzene rings is 1. The van der Waals surface area contributed by atoms with E-state index < -0.39 is 10.0 Å². The molecule has 2 rings (SSSR count). The SMILES string of the molecule is C=C/C=c1/c(N(C)CC)ccc/c1=C\S(=O)(=O)NC.CC.CC.CC.CNC(=O)NC1CCCCCC1. The molecule has 3 N–H and O–H groups in total. The highest BCUT2D eigenvalue weighted by molar-refractivity contribution is 7.97. The molecule has 1 aromatic carbocycles. The number of rotatable bonds is 6. The van der Waals surface area contributed by atoms with E-state index in [0.717, 1.165) is 30.3 Å². The Balaban J connectivity index is -0.000000551. The third kappa shape index (κ3) is 17.7. The van der Waals surface area contributed by atoms with Crippen molar-refractivity contribution in [1.82, 2.24) is 15.4 Å². The molecule has 1 aliphatic rings. The molecule has 37 heavy (non-hydrogen) atoms. The minimum absolute atomic E-state index is 0.0399. The monoisotopic (exact) mass is 540 g/mol. The Morgan fingerprint density at radius 3 is 2.00 bits per heavy atom. The highest BCUT2D eigenvalue weighted by Crippen LogP contribution is 2.16. The van der Waals surface area contributed by atoms with Crippen molar-refractivity contribution in [2.45, 2.75) is 93.0 Å². The third-order valence-electron chi connectivity index (χ3n) is 5.27. The number of urea groups is 1. The molecule has 0 atom stereocenters. The summed E-state index contributed by atoms with van der Waals surface area (Å²) in [5.41, 5.74) is 0.974. The van der Waals surface area contributed by atoms with Gasteiger partial charge in [-0.25, -0.2) is 17.9 Å². The van der Waals surface area contributed by atoms with Crippen LogP contribution in [-0.4, -0.2) is 48.2 Å². The van der Waals surface area contributed by atoms with Crippen molar-refractivity contribution in [3.63, 3.8) is 0 Å². The molecule has 0 unspecified atom stereocenters. The predicted molar refractivity (Wildman–Crippen MR) is 165 cm³/mol. The van der Waals surface area contributed by atoms with Gasteiger partial charge in [-0.1, -0.05) is 98.1 Å². The molecular weight excluding hydrogens is 484 g/mol. The topological polar surface area (TPSA) is 90.5 Å². The Hall–Kier alpha value is -2.32. The van der Waals surface area contributed by atoms with Crippen LogP contribution in [0.5, 0.6) is 0 Å². The van der Waals surface area contributed by atoms with Crippen LogP contribution in [0.1, 0.15) is 87.0 Å². The minimum Gasteiger partial charge on any atom is -0.374 e. The largest absolute Gasteiger partial charge is 0.374 e. The molecule has 2 amide bonds. The summed E-state index contributed by atoms with van der Waals surface area (Å²) in [5.74, 6) is 0. The van der Waals surface area contributed by atoms with Gasteiger partial charge in [-0.2, -0.15) is 0 Å². The number of nitrogens with zero attached hydrogens (tertiary/aromatic N) is 1. The molecule has 1 aromatic rings. The standard InChI is InChI=1S/C14H20N2O2S.C9H18N2O.3C2H6/c1-5-8-13-12(11-19(17,18)15-3)9-7-10-14(13)16(4)6-2;1-10-9(12)11-8-6-4-2-3-5-7-8;3*1-2/h5,7-11,15H,1,6H2,2-4H3;8H,2-7H2,1H3,(H2,10,11,12);3*1-2H3/b12-11+,13-8+;;;;. The first-order valence-electron chi connectivity index (χ1n) is 13.8. The van der Waals surface area contributed by atoms with Gasteiger partial charge in [0.2, 0.25) is 10.0 Å². The number of allylic oxidation sites excluding steroid dienone is 1. The first-order chi connectivity index (χ1) is 17.8. The van der Waals surface area contributed by atoms with Gasteiger partial charge in [0.15, 0.2) is 0 Å². The van der Waals surface area contributed by atoms with Gasteiger partial charge >= 0.3 is 6.03 Å². The van der Waals surface area contributed by atoms with Gasteiger partial charge in [-0.05, 0) is 38.1 Å². The fourth-order valence-electron chi connectivity index (χ4n) is 3.38. The highest BCUT2D eigenvalue weighted by atomic mass is 32.2. The van der Waals surface area contributed by atoms with Crippen molar-refractivity contribution in [2.75, 3.05) is 32.6 Å². The molecule has 1 fully saturated rings. The van der Waals surface area contributed by atoms with E-state index in [1.54, 1.807) is 19.2 Å². The van der Waals surface area contributed by atoms with Crippen LogP contribution in [0.15, 0.2) is 30.9 Å². The van der Waals surface area contributed by atoms with Gasteiger partial charge in [0.05, 0.1) is 5.41 Å². The van der Waals surface area contributed by atoms with Crippen LogP contribution in [0.2, 0.25) is 0 Å². The average molecular weight is 541 g/mol. The maximum atomic E-state index is 11.7. The zero-order valence-electron chi connectivity index (χ0n) is 25.3. The molecule has 0 heterocycles. The number of carbonyl (C=O) groups excluding carboxylic acids is 1. The lowest BCUT2D eigenvalue weighted by molar-refractivity contribution is 0.237. The van der Waals surface area contributed by atoms with Gasteiger partial charge in [0.25, 0.3) is 0 Å². The number of nitrogens with one attached hydrogen (secondary N) is 3. The highest BCUT2D eigenvalue weighted by Gasteiger charge is 2.13. The van der Waals surface area contributed by atoms with Crippen LogP contribution in [-0.2, 0) is 10.0 Å². The molecule has 0 bridgehead atoms. The van der Waals surface area contributed by atoms with Crippen molar-refractivity contribution in [1.29, 1.82) is 0 Å². The lowest BCUT2D eigenvalue weighted by Crippen LogP contribution is -2.40. The number of hydrogen-bond donors (Lipinski definition) is 3. The molecule has 1 saturated carbocycles. The summed E-state index contributed by atoms with van der Waals surface area (Å²) in [4.78, 5) is 13.0. The van der Waals surface area contributed by atoms with E-state index in [4.69, 9.17) is 0 Å². The quantitative estimate of drug-likeness (QED) is 0.437. The van der Waals surface area contributed by atoms with Crippen LogP contribution in [0, 0.1) is 0 Å².